The number of carbonyl (C=O) groups excluding carboxylic acids is 1. The fraction of sp³-hybridized carbons (Fsp3) is 0.391. The highest BCUT2D eigenvalue weighted by Crippen LogP contribution is 2.28. The lowest BCUT2D eigenvalue weighted by Gasteiger charge is -2.34. The summed E-state index contributed by atoms with van der Waals surface area (Å²) in [4.78, 5) is 21.2. The maximum absolute atomic E-state index is 13.1. The number of Topliss-reactive ketones (excluding diaryl/α,β-unsaturated/α-hetero) is 1. The second kappa shape index (κ2) is 8.56. The van der Waals surface area contributed by atoms with E-state index in [-0.39, 0.29) is 5.92 Å². The number of piperidine rings is 1. The quantitative estimate of drug-likeness (QED) is 0.446. The lowest BCUT2D eigenvalue weighted by Crippen LogP contribution is -2.43. The molecule has 28 heavy (non-hydrogen) atoms. The molecule has 1 saturated heterocycles. The molecule has 1 aliphatic heterocycles. The molecule has 0 N–H and O–H groups in total. The van der Waals surface area contributed by atoms with Gasteiger partial charge in [-0.3, -0.25) is 9.78 Å². The third-order valence-corrected chi connectivity index (χ3v) is 6.91. The van der Waals surface area contributed by atoms with Gasteiger partial charge in [0.25, 0.3) is 0 Å². The molecule has 2 heterocycles. The number of rotatable bonds is 5. The van der Waals surface area contributed by atoms with E-state index in [0.29, 0.717) is 11.6 Å². The van der Waals surface area contributed by atoms with Crippen LogP contribution in [-0.4, -0.2) is 37.4 Å². The minimum absolute atomic E-state index is 0.126. The molecule has 5 heteroatoms. The minimum atomic E-state index is 0.126. The highest BCUT2D eigenvalue weighted by molar-refractivity contribution is 7.98. The average molecular weight is 390 g/mol. The molecule has 0 radical (unpaired) electrons. The van der Waals surface area contributed by atoms with Gasteiger partial charge in [0, 0.05) is 46.6 Å². The zero-order valence-electron chi connectivity index (χ0n) is 16.7. The standard InChI is InChI=1S/C23H27BN2OS/c1-24-17-7-8-20-19(15-17)21(9-12-25-20)26-13-10-16(11-14-26)23(27)18-5-3-4-6-22(18)28-2/h3-6,8-9,12,15-17,24H,7,10-11,13-14H2,1-2H3. The second-order valence-electron chi connectivity index (χ2n) is 7.73. The van der Waals surface area contributed by atoms with Gasteiger partial charge in [0.2, 0.25) is 0 Å². The van der Waals surface area contributed by atoms with Crippen LogP contribution >= 0.6 is 11.8 Å². The highest BCUT2D eigenvalue weighted by Gasteiger charge is 2.27. The van der Waals surface area contributed by atoms with Gasteiger partial charge in [0.1, 0.15) is 7.28 Å². The molecule has 1 aromatic carbocycles. The van der Waals surface area contributed by atoms with Gasteiger partial charge in [-0.25, -0.2) is 0 Å². The Bertz CT molecular complexity index is 982. The van der Waals surface area contributed by atoms with Crippen molar-refractivity contribution < 1.29 is 4.79 Å². The van der Waals surface area contributed by atoms with Gasteiger partial charge in [0.15, 0.2) is 5.78 Å². The number of nitrogens with zero attached hydrogens (tertiary/aromatic N) is 2. The molecule has 0 bridgehead atoms. The maximum Gasteiger partial charge on any atom is 0.167 e. The number of anilines is 1. The van der Waals surface area contributed by atoms with Crippen LogP contribution in [0.5, 0.6) is 0 Å². The summed E-state index contributed by atoms with van der Waals surface area (Å²) >= 11 is 1.66. The minimum Gasteiger partial charge on any atom is -0.371 e. The summed E-state index contributed by atoms with van der Waals surface area (Å²) in [7, 11) is 1.16. The predicted octanol–water partition coefficient (Wildman–Crippen LogP) is 3.14. The van der Waals surface area contributed by atoms with Crippen molar-refractivity contribution in [2.75, 3.05) is 24.2 Å². The second-order valence-corrected chi connectivity index (χ2v) is 8.58. The Balaban J connectivity index is 1.52. The Morgan fingerprint density at radius 3 is 2.75 bits per heavy atom. The van der Waals surface area contributed by atoms with Gasteiger partial charge < -0.3 is 4.90 Å². The van der Waals surface area contributed by atoms with Crippen LogP contribution in [0.3, 0.4) is 0 Å². The number of aromatic nitrogens is 1. The fourth-order valence-electron chi connectivity index (χ4n) is 4.39. The molecule has 1 aliphatic carbocycles. The molecule has 0 saturated carbocycles. The zero-order chi connectivity index (χ0) is 19.5. The third-order valence-electron chi connectivity index (χ3n) is 6.12. The number of thioether (sulfide) groups is 1. The molecule has 3 nitrogen and oxygen atoms in total. The lowest BCUT2D eigenvalue weighted by molar-refractivity contribution is 0.0897. The Labute approximate surface area is 172 Å². The summed E-state index contributed by atoms with van der Waals surface area (Å²) in [6.45, 7) is 4.11. The molecular weight excluding hydrogens is 363 g/mol. The van der Waals surface area contributed by atoms with E-state index < -0.39 is 0 Å². The number of pyridine rings is 1. The first-order valence-electron chi connectivity index (χ1n) is 10.3. The van der Waals surface area contributed by atoms with Gasteiger partial charge >= 0.3 is 0 Å². The SMILES string of the molecule is CBC1C=c2c(N3CCC(C(=O)c4ccccc4SC)CC3)ccnc2=CC1. The van der Waals surface area contributed by atoms with Gasteiger partial charge in [-0.05, 0) is 43.5 Å². The van der Waals surface area contributed by atoms with Crippen LogP contribution in [-0.2, 0) is 0 Å². The maximum atomic E-state index is 13.1. The van der Waals surface area contributed by atoms with E-state index in [0.717, 1.165) is 55.4 Å². The molecular formula is C23H27BN2OS. The highest BCUT2D eigenvalue weighted by atomic mass is 32.2. The molecule has 1 atom stereocenters. The average Bonchev–Trinajstić information content (AvgIpc) is 2.78. The molecule has 2 aromatic rings. The summed E-state index contributed by atoms with van der Waals surface area (Å²) in [6.07, 6.45) is 11.6. The first kappa shape index (κ1) is 19.3. The summed E-state index contributed by atoms with van der Waals surface area (Å²) in [5, 5.41) is 2.41. The summed E-state index contributed by atoms with van der Waals surface area (Å²) < 4.78 is 0. The molecule has 4 rings (SSSR count). The smallest absolute Gasteiger partial charge is 0.167 e. The summed E-state index contributed by atoms with van der Waals surface area (Å²) in [5.74, 6) is 1.05. The fourth-order valence-corrected chi connectivity index (χ4v) is 4.99. The van der Waals surface area contributed by atoms with Crippen LogP contribution in [0.1, 0.15) is 29.6 Å². The molecule has 0 amide bonds. The van der Waals surface area contributed by atoms with Gasteiger partial charge in [-0.15, -0.1) is 11.8 Å². The van der Waals surface area contributed by atoms with Crippen LogP contribution in [0.15, 0.2) is 41.4 Å². The number of carbonyl (C=O) groups is 1. The van der Waals surface area contributed by atoms with E-state index in [1.54, 1.807) is 11.8 Å². The van der Waals surface area contributed by atoms with Crippen molar-refractivity contribution in [2.45, 2.75) is 36.8 Å². The van der Waals surface area contributed by atoms with Crippen molar-refractivity contribution in [2.24, 2.45) is 5.92 Å². The lowest BCUT2D eigenvalue weighted by atomic mass is 9.64. The zero-order valence-corrected chi connectivity index (χ0v) is 17.5. The Morgan fingerprint density at radius 1 is 1.21 bits per heavy atom. The van der Waals surface area contributed by atoms with E-state index in [9.17, 15) is 4.79 Å². The summed E-state index contributed by atoms with van der Waals surface area (Å²) in [5.41, 5.74) is 2.18. The topological polar surface area (TPSA) is 33.2 Å². The largest absolute Gasteiger partial charge is 0.371 e. The Morgan fingerprint density at radius 2 is 2.00 bits per heavy atom. The monoisotopic (exact) mass is 390 g/mol. The van der Waals surface area contributed by atoms with E-state index in [4.69, 9.17) is 0 Å². The summed E-state index contributed by atoms with van der Waals surface area (Å²) in [6, 6.07) is 10.2. The molecule has 2 aliphatic rings. The van der Waals surface area contributed by atoms with Crippen molar-refractivity contribution in [3.8, 4) is 0 Å². The predicted molar refractivity (Wildman–Crippen MR) is 121 cm³/mol. The van der Waals surface area contributed by atoms with Gasteiger partial charge in [-0.2, -0.15) is 0 Å². The Hall–Kier alpha value is -2.01. The van der Waals surface area contributed by atoms with Crippen LogP contribution < -0.4 is 15.5 Å². The van der Waals surface area contributed by atoms with Crippen LogP contribution in [0, 0.1) is 5.92 Å². The third kappa shape index (κ3) is 3.77. The van der Waals surface area contributed by atoms with Crippen molar-refractivity contribution in [1.82, 2.24) is 4.98 Å². The van der Waals surface area contributed by atoms with E-state index >= 15 is 0 Å². The molecule has 0 spiro atoms. The van der Waals surface area contributed by atoms with E-state index in [1.165, 1.54) is 10.9 Å². The number of hydrogen-bond acceptors (Lipinski definition) is 4. The van der Waals surface area contributed by atoms with Crippen molar-refractivity contribution >= 4 is 42.7 Å². The molecule has 1 fully saturated rings. The van der Waals surface area contributed by atoms with Crippen molar-refractivity contribution in [1.29, 1.82) is 0 Å². The first-order valence-corrected chi connectivity index (χ1v) is 11.5. The van der Waals surface area contributed by atoms with Gasteiger partial charge in [0.05, 0.1) is 5.35 Å². The molecule has 144 valence electrons. The first-order chi connectivity index (χ1) is 13.7. The van der Waals surface area contributed by atoms with Crippen LogP contribution in [0.25, 0.3) is 12.2 Å². The normalized spacial score (nSPS) is 19.4. The molecule has 1 aromatic heterocycles. The van der Waals surface area contributed by atoms with E-state index in [2.05, 4.69) is 34.9 Å². The molecule has 1 unspecified atom stereocenters. The number of hydrogen-bond donors (Lipinski definition) is 0. The number of fused-ring (bicyclic) bond motifs is 1. The number of ketones is 1. The number of benzene rings is 1. The van der Waals surface area contributed by atoms with Crippen molar-refractivity contribution in [3.05, 3.63) is 52.7 Å². The van der Waals surface area contributed by atoms with E-state index in [1.807, 2.05) is 36.7 Å². The van der Waals surface area contributed by atoms with Crippen LogP contribution in [0.2, 0.25) is 12.6 Å². The van der Waals surface area contributed by atoms with Crippen LogP contribution in [0.4, 0.5) is 5.69 Å². The Kier molecular flexibility index (Phi) is 5.91. The van der Waals surface area contributed by atoms with Gasteiger partial charge in [-0.1, -0.05) is 37.2 Å². The van der Waals surface area contributed by atoms with Crippen molar-refractivity contribution in [3.63, 3.8) is 0 Å².